The average molecular weight is 1010 g/mol. The first kappa shape index (κ1) is 69.0. The van der Waals surface area contributed by atoms with Gasteiger partial charge in [-0.05, 0) is 44.9 Å². The average Bonchev–Trinajstić information content (AvgIpc) is 3.32. The molecule has 416 valence electrons. The van der Waals surface area contributed by atoms with E-state index >= 15 is 0 Å². The minimum atomic E-state index is -4.60. The molecule has 0 aromatic carbocycles. The van der Waals surface area contributed by atoms with Gasteiger partial charge in [0.15, 0.2) is 0 Å². The molecule has 3 atom stereocenters. The summed E-state index contributed by atoms with van der Waals surface area (Å²) in [6, 6.07) is -0.886. The van der Waals surface area contributed by atoms with Crippen LogP contribution in [0, 0.1) is 0 Å². The molecule has 8 nitrogen and oxygen atoms in total. The Morgan fingerprint density at radius 2 is 0.786 bits per heavy atom. The van der Waals surface area contributed by atoms with E-state index in [0.717, 1.165) is 38.5 Å². The summed E-state index contributed by atoms with van der Waals surface area (Å²) in [6.07, 6.45) is 66.9. The van der Waals surface area contributed by atoms with E-state index in [9.17, 15) is 19.4 Å². The second kappa shape index (κ2) is 52.8. The number of quaternary nitrogens is 1. The highest BCUT2D eigenvalue weighted by atomic mass is 31.2. The fraction of sp³-hybridized carbons (Fsp3) is 0.918. The fourth-order valence-electron chi connectivity index (χ4n) is 9.33. The molecule has 0 spiro atoms. The van der Waals surface area contributed by atoms with E-state index < -0.39 is 20.0 Å². The van der Waals surface area contributed by atoms with Crippen molar-refractivity contribution in [3.8, 4) is 0 Å². The van der Waals surface area contributed by atoms with Gasteiger partial charge in [-0.2, -0.15) is 0 Å². The maximum absolute atomic E-state index is 13.0. The molecule has 0 aromatic heterocycles. The normalized spacial score (nSPS) is 14.0. The minimum Gasteiger partial charge on any atom is -0.756 e. The number of hydrogen-bond acceptors (Lipinski definition) is 6. The number of phosphoric acid groups is 1. The second-order valence-electron chi connectivity index (χ2n) is 22.4. The van der Waals surface area contributed by atoms with Gasteiger partial charge in [-0.15, -0.1) is 0 Å². The summed E-state index contributed by atoms with van der Waals surface area (Å²) < 4.78 is 23.4. The first-order valence-corrected chi connectivity index (χ1v) is 32.2. The molecule has 0 bridgehead atoms. The van der Waals surface area contributed by atoms with E-state index in [2.05, 4.69) is 31.3 Å². The van der Waals surface area contributed by atoms with Gasteiger partial charge in [-0.3, -0.25) is 9.36 Å². The van der Waals surface area contributed by atoms with Crippen molar-refractivity contribution in [2.45, 2.75) is 321 Å². The highest BCUT2D eigenvalue weighted by Crippen LogP contribution is 2.38. The number of phosphoric ester groups is 1. The highest BCUT2D eigenvalue weighted by Gasteiger charge is 2.23. The van der Waals surface area contributed by atoms with E-state index in [-0.39, 0.29) is 19.1 Å². The minimum absolute atomic E-state index is 0.000657. The predicted molar refractivity (Wildman–Crippen MR) is 302 cm³/mol. The van der Waals surface area contributed by atoms with Gasteiger partial charge in [0.2, 0.25) is 5.91 Å². The maximum Gasteiger partial charge on any atom is 0.268 e. The van der Waals surface area contributed by atoms with Crippen LogP contribution < -0.4 is 10.2 Å². The fourth-order valence-corrected chi connectivity index (χ4v) is 10.1. The zero-order valence-corrected chi connectivity index (χ0v) is 48.4. The molecular weight excluding hydrogens is 888 g/mol. The van der Waals surface area contributed by atoms with Crippen LogP contribution in [0.4, 0.5) is 0 Å². The summed E-state index contributed by atoms with van der Waals surface area (Å²) in [5.41, 5.74) is 0. The number of nitrogens with zero attached hydrogens (tertiary/aromatic N) is 1. The lowest BCUT2D eigenvalue weighted by Gasteiger charge is -2.29. The Hall–Kier alpha value is -1.02. The standard InChI is InChI=1S/C61H121N2O6P/c1-6-8-10-12-14-16-18-20-22-24-26-28-30-31-32-33-35-37-39-41-43-45-47-49-51-53-55-61(65)62-59(58-69-70(66,67)68-57-56-63(3,4)5)60(64)54-52-50-48-46-44-42-40-38-36-34-29-27-25-23-21-19-17-15-13-11-9-7-2/h31-32,52,54,59-60,64H,6-30,33-51,53,55-58H2,1-5H3,(H-,62,65,66,67)/b32-31-,54-52+. The quantitative estimate of drug-likeness (QED) is 0.0272. The van der Waals surface area contributed by atoms with Crippen molar-refractivity contribution < 1.29 is 32.9 Å². The van der Waals surface area contributed by atoms with Crippen LogP contribution in [0.25, 0.3) is 0 Å². The number of allylic oxidation sites excluding steroid dienone is 3. The van der Waals surface area contributed by atoms with E-state index in [1.54, 1.807) is 6.08 Å². The van der Waals surface area contributed by atoms with E-state index in [4.69, 9.17) is 9.05 Å². The maximum atomic E-state index is 13.0. The number of nitrogens with one attached hydrogen (secondary N) is 1. The number of carbonyl (C=O) groups is 1. The first-order chi connectivity index (χ1) is 34.0. The lowest BCUT2D eigenvalue weighted by atomic mass is 10.0. The lowest BCUT2D eigenvalue weighted by Crippen LogP contribution is -2.45. The number of aliphatic hydroxyl groups excluding tert-OH is 1. The molecule has 3 unspecified atom stereocenters. The Morgan fingerprint density at radius 1 is 0.486 bits per heavy atom. The van der Waals surface area contributed by atoms with Crippen LogP contribution in [0.5, 0.6) is 0 Å². The highest BCUT2D eigenvalue weighted by molar-refractivity contribution is 7.45. The van der Waals surface area contributed by atoms with Gasteiger partial charge >= 0.3 is 0 Å². The van der Waals surface area contributed by atoms with Crippen LogP contribution in [0.15, 0.2) is 24.3 Å². The molecule has 0 aliphatic carbocycles. The molecule has 0 heterocycles. The van der Waals surface area contributed by atoms with Gasteiger partial charge in [0, 0.05) is 6.42 Å². The summed E-state index contributed by atoms with van der Waals surface area (Å²) in [7, 11) is 1.27. The monoisotopic (exact) mass is 1010 g/mol. The second-order valence-corrected chi connectivity index (χ2v) is 23.8. The van der Waals surface area contributed by atoms with Crippen molar-refractivity contribution in [1.82, 2.24) is 5.32 Å². The Morgan fingerprint density at radius 3 is 1.11 bits per heavy atom. The number of carbonyl (C=O) groups excluding carboxylic acids is 1. The van der Waals surface area contributed by atoms with Crippen molar-refractivity contribution in [2.24, 2.45) is 0 Å². The van der Waals surface area contributed by atoms with Crippen molar-refractivity contribution in [3.63, 3.8) is 0 Å². The van der Waals surface area contributed by atoms with E-state index in [0.29, 0.717) is 17.4 Å². The summed E-state index contributed by atoms with van der Waals surface area (Å²) in [5.74, 6) is -0.194. The molecule has 2 N–H and O–H groups in total. The summed E-state index contributed by atoms with van der Waals surface area (Å²) >= 11 is 0. The summed E-state index contributed by atoms with van der Waals surface area (Å²) in [4.78, 5) is 25.5. The number of unbranched alkanes of at least 4 members (excludes halogenated alkanes) is 42. The topological polar surface area (TPSA) is 108 Å². The van der Waals surface area contributed by atoms with Crippen LogP contribution in [0.2, 0.25) is 0 Å². The molecule has 1 amide bonds. The van der Waals surface area contributed by atoms with Gasteiger partial charge in [0.25, 0.3) is 7.82 Å². The van der Waals surface area contributed by atoms with Crippen LogP contribution in [-0.4, -0.2) is 68.5 Å². The Balaban J connectivity index is 4.15. The molecule has 0 aliphatic heterocycles. The zero-order chi connectivity index (χ0) is 51.3. The number of likely N-dealkylation sites (N-methyl/N-ethyl adjacent to an activating group) is 1. The van der Waals surface area contributed by atoms with Crippen molar-refractivity contribution in [2.75, 3.05) is 40.9 Å². The summed E-state index contributed by atoms with van der Waals surface area (Å²) in [5, 5.41) is 13.9. The number of hydrogen-bond donors (Lipinski definition) is 2. The molecule has 70 heavy (non-hydrogen) atoms. The summed E-state index contributed by atoms with van der Waals surface area (Å²) in [6.45, 7) is 4.70. The van der Waals surface area contributed by atoms with E-state index in [1.165, 1.54) is 250 Å². The third-order valence-corrected chi connectivity index (χ3v) is 15.1. The molecular formula is C61H121N2O6P. The molecule has 0 fully saturated rings. The van der Waals surface area contributed by atoms with Gasteiger partial charge in [0.1, 0.15) is 13.2 Å². The number of amides is 1. The lowest BCUT2D eigenvalue weighted by molar-refractivity contribution is -0.870. The molecule has 0 saturated heterocycles. The van der Waals surface area contributed by atoms with Crippen molar-refractivity contribution in [1.29, 1.82) is 0 Å². The van der Waals surface area contributed by atoms with Crippen molar-refractivity contribution >= 4 is 13.7 Å². The third kappa shape index (κ3) is 54.7. The Kier molecular flexibility index (Phi) is 52.1. The van der Waals surface area contributed by atoms with Gasteiger partial charge in [0.05, 0.1) is 39.9 Å². The molecule has 0 rings (SSSR count). The molecule has 0 aromatic rings. The molecule has 0 saturated carbocycles. The first-order valence-electron chi connectivity index (χ1n) is 30.7. The van der Waals surface area contributed by atoms with Gasteiger partial charge < -0.3 is 28.8 Å². The molecule has 9 heteroatoms. The van der Waals surface area contributed by atoms with Crippen LogP contribution >= 0.6 is 7.82 Å². The third-order valence-electron chi connectivity index (χ3n) is 14.2. The number of aliphatic hydroxyl groups is 1. The Labute approximate surface area is 436 Å². The van der Waals surface area contributed by atoms with Gasteiger partial charge in [-0.1, -0.05) is 282 Å². The molecule has 0 radical (unpaired) electrons. The number of rotatable bonds is 57. The molecule has 0 aliphatic rings. The Bertz CT molecular complexity index is 1190. The largest absolute Gasteiger partial charge is 0.756 e. The van der Waals surface area contributed by atoms with Gasteiger partial charge in [-0.25, -0.2) is 0 Å². The van der Waals surface area contributed by atoms with Crippen LogP contribution in [0.1, 0.15) is 309 Å². The van der Waals surface area contributed by atoms with Crippen LogP contribution in [-0.2, 0) is 18.4 Å². The SMILES string of the molecule is CCCCCCCCCCCCCC/C=C\CCCCCCCCCCCCC(=O)NC(COP(=O)([O-])OCC[N+](C)(C)C)C(O)/C=C/CCCCCCCCCCCCCCCCCCCCCC. The van der Waals surface area contributed by atoms with Crippen LogP contribution in [0.3, 0.4) is 0 Å². The van der Waals surface area contributed by atoms with E-state index in [1.807, 2.05) is 27.2 Å². The van der Waals surface area contributed by atoms with Crippen molar-refractivity contribution in [3.05, 3.63) is 24.3 Å². The zero-order valence-electron chi connectivity index (χ0n) is 47.5. The predicted octanol–water partition coefficient (Wildman–Crippen LogP) is 18.1. The smallest absolute Gasteiger partial charge is 0.268 e.